The number of rotatable bonds is 28. The van der Waals surface area contributed by atoms with Gasteiger partial charge in [-0.2, -0.15) is 0 Å². The third-order valence-electron chi connectivity index (χ3n) is 6.70. The number of carboxylic acids is 2. The van der Waals surface area contributed by atoms with Gasteiger partial charge in [0.25, 0.3) is 0 Å². The van der Waals surface area contributed by atoms with Crippen molar-refractivity contribution in [2.45, 2.75) is 130 Å². The molecule has 0 rings (SSSR count). The van der Waals surface area contributed by atoms with Crippen molar-refractivity contribution in [3.05, 3.63) is 48.6 Å². The Morgan fingerprint density at radius 2 is 0.674 bits per heavy atom. The first kappa shape index (κ1) is 46.5. The Morgan fingerprint density at radius 1 is 0.442 bits per heavy atom. The molecular weight excluding hydrogens is 564 g/mol. The predicted molar refractivity (Wildman–Crippen MR) is 182 cm³/mol. The molecule has 0 saturated heterocycles. The fourth-order valence-electron chi connectivity index (χ4n) is 4.43. The van der Waals surface area contributed by atoms with Crippen molar-refractivity contribution in [2.75, 3.05) is 39.3 Å². The van der Waals surface area contributed by atoms with E-state index in [0.29, 0.717) is 0 Å². The number of allylic oxidation sites excluding steroid dienone is 8. The Hall–Kier alpha value is -0.920. The van der Waals surface area contributed by atoms with Crippen LogP contribution >= 0.6 is 0 Å². The summed E-state index contributed by atoms with van der Waals surface area (Å²) in [5, 5.41) is 21.6. The summed E-state index contributed by atoms with van der Waals surface area (Å²) < 4.78 is 0. The van der Waals surface area contributed by atoms with Gasteiger partial charge in [-0.15, -0.1) is 0 Å². The Bertz CT molecular complexity index is 618. The van der Waals surface area contributed by atoms with Crippen molar-refractivity contribution in [1.29, 1.82) is 0 Å². The van der Waals surface area contributed by atoms with E-state index < -0.39 is 11.9 Å². The van der Waals surface area contributed by atoms with Crippen molar-refractivity contribution in [3.8, 4) is 0 Å². The van der Waals surface area contributed by atoms with Crippen molar-refractivity contribution < 1.29 is 19.8 Å². The quantitative estimate of drug-likeness (QED) is 0.0579. The molecule has 0 bridgehead atoms. The monoisotopic (exact) mass is 628 g/mol. The summed E-state index contributed by atoms with van der Waals surface area (Å²) in [6, 6.07) is 0. The van der Waals surface area contributed by atoms with E-state index in [4.69, 9.17) is 0 Å². The SMILES string of the molecule is CC/C=C/CCCCN(CCCC/C=C/CC)CC(=O)[O-].CC/C=C/CCCCN(CCCC/C=C/CC)CC(=O)[O-].[Ca+2]. The molecule has 0 aromatic carbocycles. The van der Waals surface area contributed by atoms with Gasteiger partial charge in [-0.1, -0.05) is 76.3 Å². The zero-order valence-electron chi connectivity index (χ0n) is 28.4. The maximum Gasteiger partial charge on any atom is 2.00 e. The van der Waals surface area contributed by atoms with E-state index in [9.17, 15) is 19.8 Å². The van der Waals surface area contributed by atoms with Crippen molar-refractivity contribution in [3.63, 3.8) is 0 Å². The van der Waals surface area contributed by atoms with Gasteiger partial charge in [0.05, 0.1) is 11.9 Å². The number of carbonyl (C=O) groups is 2. The van der Waals surface area contributed by atoms with Crippen LogP contribution in [-0.4, -0.2) is 98.7 Å². The molecule has 0 aromatic rings. The summed E-state index contributed by atoms with van der Waals surface area (Å²) in [5.74, 6) is -1.93. The van der Waals surface area contributed by atoms with Crippen LogP contribution in [0.5, 0.6) is 0 Å². The van der Waals surface area contributed by atoms with Crippen LogP contribution in [0.4, 0.5) is 0 Å². The molecule has 0 aliphatic rings. The number of nitrogens with zero attached hydrogens (tertiary/aromatic N) is 2. The third kappa shape index (κ3) is 41.1. The minimum Gasteiger partial charge on any atom is -0.549 e. The molecule has 0 spiro atoms. The number of hydrogen-bond donors (Lipinski definition) is 0. The Morgan fingerprint density at radius 3 is 0.860 bits per heavy atom. The molecule has 0 aliphatic heterocycles. The van der Waals surface area contributed by atoms with Crippen LogP contribution in [0.2, 0.25) is 0 Å². The van der Waals surface area contributed by atoms with Gasteiger partial charge in [-0.25, -0.2) is 0 Å². The first-order valence-electron chi connectivity index (χ1n) is 16.8. The van der Waals surface area contributed by atoms with E-state index in [-0.39, 0.29) is 50.8 Å². The van der Waals surface area contributed by atoms with Gasteiger partial charge >= 0.3 is 37.7 Å². The molecule has 0 radical (unpaired) electrons. The van der Waals surface area contributed by atoms with Gasteiger partial charge in [0.2, 0.25) is 0 Å². The van der Waals surface area contributed by atoms with Crippen LogP contribution < -0.4 is 10.2 Å². The third-order valence-corrected chi connectivity index (χ3v) is 6.70. The van der Waals surface area contributed by atoms with Crippen LogP contribution in [-0.2, 0) is 9.59 Å². The molecule has 0 N–H and O–H groups in total. The average Bonchev–Trinajstić information content (AvgIpc) is 2.95. The summed E-state index contributed by atoms with van der Waals surface area (Å²) in [4.78, 5) is 25.6. The molecule has 0 amide bonds. The molecule has 0 atom stereocenters. The maximum atomic E-state index is 10.8. The largest absolute Gasteiger partial charge is 2.00 e. The van der Waals surface area contributed by atoms with E-state index in [1.54, 1.807) is 0 Å². The Kier molecular flexibility index (Phi) is 42.3. The van der Waals surface area contributed by atoms with E-state index in [2.05, 4.69) is 76.3 Å². The zero-order valence-corrected chi connectivity index (χ0v) is 30.6. The van der Waals surface area contributed by atoms with E-state index in [1.165, 1.54) is 0 Å². The van der Waals surface area contributed by atoms with Crippen molar-refractivity contribution in [2.24, 2.45) is 0 Å². The number of carbonyl (C=O) groups excluding carboxylic acids is 2. The summed E-state index contributed by atoms with van der Waals surface area (Å²) in [5.41, 5.74) is 0. The molecule has 7 heteroatoms. The zero-order chi connectivity index (χ0) is 31.5. The first-order chi connectivity index (χ1) is 20.4. The van der Waals surface area contributed by atoms with E-state index >= 15 is 0 Å². The van der Waals surface area contributed by atoms with Gasteiger partial charge < -0.3 is 19.8 Å². The maximum absolute atomic E-state index is 10.8. The second-order valence-corrected chi connectivity index (χ2v) is 10.8. The molecule has 0 saturated carbocycles. The summed E-state index contributed by atoms with van der Waals surface area (Å²) >= 11 is 0. The average molecular weight is 629 g/mol. The normalized spacial score (nSPS) is 11.7. The number of hydrogen-bond acceptors (Lipinski definition) is 6. The predicted octanol–water partition coefficient (Wildman–Crippen LogP) is 6.24. The molecule has 244 valence electrons. The van der Waals surface area contributed by atoms with Crippen molar-refractivity contribution >= 4 is 49.7 Å². The van der Waals surface area contributed by atoms with Crippen LogP contribution in [0.15, 0.2) is 48.6 Å². The fraction of sp³-hybridized carbons (Fsp3) is 0.722. The Labute approximate surface area is 295 Å². The molecule has 0 aromatic heterocycles. The van der Waals surface area contributed by atoms with Crippen LogP contribution in [0.3, 0.4) is 0 Å². The molecule has 43 heavy (non-hydrogen) atoms. The molecule has 0 fully saturated rings. The van der Waals surface area contributed by atoms with Gasteiger partial charge in [0, 0.05) is 13.1 Å². The van der Waals surface area contributed by atoms with Crippen LogP contribution in [0.25, 0.3) is 0 Å². The summed E-state index contributed by atoms with van der Waals surface area (Å²) in [6.07, 6.45) is 35.0. The summed E-state index contributed by atoms with van der Waals surface area (Å²) in [7, 11) is 0. The van der Waals surface area contributed by atoms with Crippen LogP contribution in [0.1, 0.15) is 130 Å². The molecule has 0 heterocycles. The molecule has 0 aliphatic carbocycles. The van der Waals surface area contributed by atoms with Gasteiger partial charge in [0.15, 0.2) is 0 Å². The first-order valence-corrected chi connectivity index (χ1v) is 16.8. The topological polar surface area (TPSA) is 86.7 Å². The minimum atomic E-state index is -0.966. The van der Waals surface area contributed by atoms with Crippen molar-refractivity contribution in [1.82, 2.24) is 9.80 Å². The summed E-state index contributed by atoms with van der Waals surface area (Å²) in [6.45, 7) is 12.1. The number of unbranched alkanes of at least 4 members (excludes halogenated alkanes) is 8. The van der Waals surface area contributed by atoms with E-state index in [1.807, 2.05) is 9.80 Å². The number of carboxylic acid groups (broad SMARTS) is 2. The molecule has 0 unspecified atom stereocenters. The van der Waals surface area contributed by atoms with Gasteiger partial charge in [0.1, 0.15) is 0 Å². The van der Waals surface area contributed by atoms with Gasteiger partial charge in [-0.3, -0.25) is 9.80 Å². The smallest absolute Gasteiger partial charge is 0.549 e. The second kappa shape index (κ2) is 39.1. The Balaban J connectivity index is -0.000000727. The number of aliphatic carboxylic acids is 2. The van der Waals surface area contributed by atoms with Gasteiger partial charge in [-0.05, 0) is 129 Å². The van der Waals surface area contributed by atoms with Crippen LogP contribution in [0, 0.1) is 0 Å². The minimum absolute atomic E-state index is 0. The standard InChI is InChI=1S/2C18H33NO2.Ca/c2*1-3-5-7-9-11-13-15-19(17-18(20)21)16-14-12-10-8-6-4-2;/h2*5-8H,3-4,9-17H2,1-2H3,(H,20,21);/q;;+2/p-2/b2*7-5+,8-6+;. The molecule has 6 nitrogen and oxygen atoms in total. The van der Waals surface area contributed by atoms with E-state index in [0.717, 1.165) is 129 Å². The second-order valence-electron chi connectivity index (χ2n) is 10.8. The molecular formula is C36H64CaN2O4. The fourth-order valence-corrected chi connectivity index (χ4v) is 4.43.